The molecule has 92 valence electrons. The minimum Gasteiger partial charge on any atom is -0.497 e. The Morgan fingerprint density at radius 1 is 1.41 bits per heavy atom. The molecule has 0 aliphatic rings. The first-order chi connectivity index (χ1) is 8.26. The van der Waals surface area contributed by atoms with E-state index >= 15 is 0 Å². The van der Waals surface area contributed by atoms with E-state index in [1.807, 2.05) is 0 Å². The predicted octanol–water partition coefficient (Wildman–Crippen LogP) is 0.850. The zero-order chi connectivity index (χ0) is 12.7. The molecule has 0 saturated heterocycles. The zero-order valence-electron chi connectivity index (χ0n) is 9.93. The van der Waals surface area contributed by atoms with Crippen molar-refractivity contribution in [2.45, 2.75) is 6.04 Å². The summed E-state index contributed by atoms with van der Waals surface area (Å²) in [6.45, 7) is 0.337. The smallest absolute Gasteiger partial charge is 0.128 e. The van der Waals surface area contributed by atoms with Crippen LogP contribution in [0.25, 0.3) is 0 Å². The molecule has 1 rings (SSSR count). The van der Waals surface area contributed by atoms with Gasteiger partial charge in [0.15, 0.2) is 0 Å². The normalized spacial score (nSPS) is 11.6. The Morgan fingerprint density at radius 3 is 2.71 bits per heavy atom. The SMILES string of the molecule is COc1ccc(C(C#N)NCCO)c(OC)c1. The number of nitriles is 1. The van der Waals surface area contributed by atoms with Crippen LogP contribution >= 0.6 is 0 Å². The van der Waals surface area contributed by atoms with E-state index in [-0.39, 0.29) is 6.61 Å². The summed E-state index contributed by atoms with van der Waals surface area (Å²) in [7, 11) is 3.11. The van der Waals surface area contributed by atoms with Gasteiger partial charge >= 0.3 is 0 Å². The third-order valence-electron chi connectivity index (χ3n) is 2.34. The standard InChI is InChI=1S/C12H16N2O3/c1-16-9-3-4-10(12(7-9)17-2)11(8-13)14-5-6-15/h3-4,7,11,14-15H,5-6H2,1-2H3. The van der Waals surface area contributed by atoms with E-state index in [2.05, 4.69) is 11.4 Å². The minimum atomic E-state index is -0.511. The first-order valence-corrected chi connectivity index (χ1v) is 5.22. The van der Waals surface area contributed by atoms with E-state index in [1.165, 1.54) is 0 Å². The first-order valence-electron chi connectivity index (χ1n) is 5.22. The molecule has 2 N–H and O–H groups in total. The molecule has 0 heterocycles. The van der Waals surface area contributed by atoms with Crippen molar-refractivity contribution < 1.29 is 14.6 Å². The molecule has 1 aromatic carbocycles. The molecule has 0 spiro atoms. The Bertz CT molecular complexity index is 401. The molecule has 0 radical (unpaired) electrons. The Morgan fingerprint density at radius 2 is 2.18 bits per heavy atom. The molecule has 0 saturated carbocycles. The predicted molar refractivity (Wildman–Crippen MR) is 63.0 cm³/mol. The van der Waals surface area contributed by atoms with Crippen LogP contribution in [0.1, 0.15) is 11.6 Å². The van der Waals surface area contributed by atoms with Gasteiger partial charge in [-0.25, -0.2) is 0 Å². The molecule has 17 heavy (non-hydrogen) atoms. The molecular formula is C12H16N2O3. The van der Waals surface area contributed by atoms with E-state index in [9.17, 15) is 0 Å². The van der Waals surface area contributed by atoms with Gasteiger partial charge in [0.05, 0.1) is 26.9 Å². The lowest BCUT2D eigenvalue weighted by atomic mass is 10.1. The quantitative estimate of drug-likeness (QED) is 0.766. The monoisotopic (exact) mass is 236 g/mol. The van der Waals surface area contributed by atoms with E-state index in [1.54, 1.807) is 32.4 Å². The first kappa shape index (κ1) is 13.3. The van der Waals surface area contributed by atoms with Crippen LogP contribution in [0.15, 0.2) is 18.2 Å². The molecule has 1 aromatic rings. The third-order valence-corrected chi connectivity index (χ3v) is 2.34. The van der Waals surface area contributed by atoms with Gasteiger partial charge in [-0.3, -0.25) is 5.32 Å². The topological polar surface area (TPSA) is 74.5 Å². The van der Waals surface area contributed by atoms with Gasteiger partial charge in [-0.05, 0) is 12.1 Å². The van der Waals surface area contributed by atoms with Gasteiger partial charge in [-0.2, -0.15) is 5.26 Å². The average Bonchev–Trinajstić information content (AvgIpc) is 2.39. The molecule has 0 aromatic heterocycles. The molecule has 1 unspecified atom stereocenters. The second kappa shape index (κ2) is 6.74. The van der Waals surface area contributed by atoms with Crippen molar-refractivity contribution in [1.82, 2.24) is 5.32 Å². The molecule has 0 fully saturated rings. The molecular weight excluding hydrogens is 220 g/mol. The highest BCUT2D eigenvalue weighted by Gasteiger charge is 2.15. The highest BCUT2D eigenvalue weighted by molar-refractivity contribution is 5.44. The maximum absolute atomic E-state index is 9.07. The van der Waals surface area contributed by atoms with Crippen LogP contribution in [0.5, 0.6) is 11.5 Å². The Kier molecular flexibility index (Phi) is 5.27. The fourth-order valence-electron chi connectivity index (χ4n) is 1.49. The Balaban J connectivity index is 2.98. The maximum Gasteiger partial charge on any atom is 0.128 e. The lowest BCUT2D eigenvalue weighted by Gasteiger charge is -2.15. The second-order valence-corrected chi connectivity index (χ2v) is 3.35. The van der Waals surface area contributed by atoms with Crippen molar-refractivity contribution >= 4 is 0 Å². The molecule has 5 heteroatoms. The Labute approximate surface area is 101 Å². The van der Waals surface area contributed by atoms with Gasteiger partial charge in [0, 0.05) is 18.2 Å². The third kappa shape index (κ3) is 3.34. The van der Waals surface area contributed by atoms with Crippen LogP contribution in [0.3, 0.4) is 0 Å². The van der Waals surface area contributed by atoms with Crippen LogP contribution < -0.4 is 14.8 Å². The number of nitrogens with zero attached hydrogens (tertiary/aromatic N) is 1. The summed E-state index contributed by atoms with van der Waals surface area (Å²) in [4.78, 5) is 0. The number of nitrogens with one attached hydrogen (secondary N) is 1. The molecule has 0 bridgehead atoms. The van der Waals surface area contributed by atoms with Gasteiger partial charge in [-0.15, -0.1) is 0 Å². The second-order valence-electron chi connectivity index (χ2n) is 3.35. The fraction of sp³-hybridized carbons (Fsp3) is 0.417. The number of aliphatic hydroxyl groups excluding tert-OH is 1. The van der Waals surface area contributed by atoms with Crippen molar-refractivity contribution in [2.24, 2.45) is 0 Å². The van der Waals surface area contributed by atoms with Gasteiger partial charge in [0.2, 0.25) is 0 Å². The van der Waals surface area contributed by atoms with Crippen molar-refractivity contribution in [1.29, 1.82) is 5.26 Å². The maximum atomic E-state index is 9.07. The number of methoxy groups -OCH3 is 2. The van der Waals surface area contributed by atoms with E-state index < -0.39 is 6.04 Å². The van der Waals surface area contributed by atoms with Crippen molar-refractivity contribution in [2.75, 3.05) is 27.4 Å². The summed E-state index contributed by atoms with van der Waals surface area (Å²) >= 11 is 0. The largest absolute Gasteiger partial charge is 0.497 e. The summed E-state index contributed by atoms with van der Waals surface area (Å²) in [5, 5.41) is 20.7. The van der Waals surface area contributed by atoms with Gasteiger partial charge in [-0.1, -0.05) is 0 Å². The summed E-state index contributed by atoms with van der Waals surface area (Å²) in [5.41, 5.74) is 0.726. The lowest BCUT2D eigenvalue weighted by Crippen LogP contribution is -2.23. The fourth-order valence-corrected chi connectivity index (χ4v) is 1.49. The summed E-state index contributed by atoms with van der Waals surface area (Å²) in [6, 6.07) is 6.87. The van der Waals surface area contributed by atoms with Crippen LogP contribution in [-0.4, -0.2) is 32.5 Å². The molecule has 0 amide bonds. The minimum absolute atomic E-state index is 0.0172. The number of ether oxygens (including phenoxy) is 2. The molecule has 5 nitrogen and oxygen atoms in total. The van der Waals surface area contributed by atoms with E-state index in [0.717, 1.165) is 5.56 Å². The number of hydrogen-bond acceptors (Lipinski definition) is 5. The lowest BCUT2D eigenvalue weighted by molar-refractivity contribution is 0.288. The van der Waals surface area contributed by atoms with Crippen LogP contribution in [0.4, 0.5) is 0 Å². The number of rotatable bonds is 6. The van der Waals surface area contributed by atoms with Gasteiger partial charge < -0.3 is 14.6 Å². The zero-order valence-corrected chi connectivity index (χ0v) is 9.93. The molecule has 0 aliphatic carbocycles. The Hall–Kier alpha value is -1.77. The van der Waals surface area contributed by atoms with Crippen LogP contribution in [0.2, 0.25) is 0 Å². The van der Waals surface area contributed by atoms with Crippen LogP contribution in [-0.2, 0) is 0 Å². The molecule has 0 aliphatic heterocycles. The number of aliphatic hydroxyl groups is 1. The van der Waals surface area contributed by atoms with E-state index in [0.29, 0.717) is 18.0 Å². The van der Waals surface area contributed by atoms with Gasteiger partial charge in [0.1, 0.15) is 17.5 Å². The van der Waals surface area contributed by atoms with Crippen molar-refractivity contribution in [3.8, 4) is 17.6 Å². The van der Waals surface area contributed by atoms with Crippen molar-refractivity contribution in [3.63, 3.8) is 0 Å². The molecule has 1 atom stereocenters. The highest BCUT2D eigenvalue weighted by atomic mass is 16.5. The average molecular weight is 236 g/mol. The van der Waals surface area contributed by atoms with Crippen molar-refractivity contribution in [3.05, 3.63) is 23.8 Å². The summed E-state index contributed by atoms with van der Waals surface area (Å²) < 4.78 is 10.3. The highest BCUT2D eigenvalue weighted by Crippen LogP contribution is 2.29. The van der Waals surface area contributed by atoms with E-state index in [4.69, 9.17) is 19.8 Å². The number of hydrogen-bond donors (Lipinski definition) is 2. The summed E-state index contributed by atoms with van der Waals surface area (Å²) in [5.74, 6) is 1.26. The summed E-state index contributed by atoms with van der Waals surface area (Å²) in [6.07, 6.45) is 0. The number of benzene rings is 1. The van der Waals surface area contributed by atoms with Gasteiger partial charge in [0.25, 0.3) is 0 Å². The van der Waals surface area contributed by atoms with Crippen LogP contribution in [0, 0.1) is 11.3 Å².